The van der Waals surface area contributed by atoms with E-state index in [0.29, 0.717) is 5.02 Å². The predicted molar refractivity (Wildman–Crippen MR) is 67.6 cm³/mol. The average Bonchev–Trinajstić information content (AvgIpc) is 2.22. The Morgan fingerprint density at radius 3 is 2.50 bits per heavy atom. The Bertz CT molecular complexity index is 365. The highest BCUT2D eigenvalue weighted by Crippen LogP contribution is 2.29. The molecule has 90 valence electrons. The molecule has 0 heterocycles. The molecule has 1 nitrogen and oxygen atoms in total. The summed E-state index contributed by atoms with van der Waals surface area (Å²) in [5.74, 6) is -0.116. The first-order valence-electron chi connectivity index (χ1n) is 5.53. The normalized spacial score (nSPS) is 15.2. The Morgan fingerprint density at radius 2 is 2.06 bits per heavy atom. The first kappa shape index (κ1) is 13.5. The Kier molecular flexibility index (Phi) is 4.34. The lowest BCUT2D eigenvalue weighted by Crippen LogP contribution is -2.40. The van der Waals surface area contributed by atoms with Gasteiger partial charge in [0.2, 0.25) is 0 Å². The van der Waals surface area contributed by atoms with E-state index in [1.54, 1.807) is 0 Å². The largest absolute Gasteiger partial charge is 0.328 e. The molecule has 0 radical (unpaired) electrons. The standard InChI is InChI=1S/C13H19ClFN/c1-9(2)13(15,8-16)7-11-5-4-10(3)6-12(11)14/h4-6,9H,7-8,16H2,1-3H3. The molecular weight excluding hydrogens is 225 g/mol. The van der Waals surface area contributed by atoms with E-state index in [0.717, 1.165) is 11.1 Å². The maximum atomic E-state index is 14.4. The molecule has 1 unspecified atom stereocenters. The second-order valence-electron chi connectivity index (χ2n) is 4.67. The van der Waals surface area contributed by atoms with Crippen LogP contribution in [0.4, 0.5) is 4.39 Å². The van der Waals surface area contributed by atoms with Crippen molar-refractivity contribution in [2.75, 3.05) is 6.54 Å². The van der Waals surface area contributed by atoms with Gasteiger partial charge in [0, 0.05) is 18.0 Å². The minimum atomic E-state index is -1.38. The molecule has 0 aromatic heterocycles. The minimum absolute atomic E-state index is 0.0227. The van der Waals surface area contributed by atoms with Gasteiger partial charge < -0.3 is 5.73 Å². The Labute approximate surface area is 102 Å². The predicted octanol–water partition coefficient (Wildman–Crippen LogP) is 3.51. The summed E-state index contributed by atoms with van der Waals surface area (Å²) in [5, 5.41) is 0.621. The smallest absolute Gasteiger partial charge is 0.129 e. The summed E-state index contributed by atoms with van der Waals surface area (Å²) >= 11 is 6.09. The van der Waals surface area contributed by atoms with E-state index in [-0.39, 0.29) is 18.9 Å². The molecule has 0 aliphatic heterocycles. The van der Waals surface area contributed by atoms with Gasteiger partial charge in [0.05, 0.1) is 0 Å². The van der Waals surface area contributed by atoms with Crippen molar-refractivity contribution >= 4 is 11.6 Å². The summed E-state index contributed by atoms with van der Waals surface area (Å²) in [6.07, 6.45) is 0.278. The number of rotatable bonds is 4. The Balaban J connectivity index is 2.95. The molecule has 0 spiro atoms. The van der Waals surface area contributed by atoms with Gasteiger partial charge in [-0.1, -0.05) is 37.6 Å². The number of hydrogen-bond donors (Lipinski definition) is 1. The van der Waals surface area contributed by atoms with Crippen LogP contribution in [0, 0.1) is 12.8 Å². The van der Waals surface area contributed by atoms with Crippen molar-refractivity contribution in [2.24, 2.45) is 11.7 Å². The third-order valence-electron chi connectivity index (χ3n) is 3.07. The van der Waals surface area contributed by atoms with Crippen LogP contribution in [0.25, 0.3) is 0 Å². The zero-order valence-electron chi connectivity index (χ0n) is 10.1. The molecule has 1 aromatic carbocycles. The van der Waals surface area contributed by atoms with Gasteiger partial charge in [0.1, 0.15) is 5.67 Å². The highest BCUT2D eigenvalue weighted by molar-refractivity contribution is 6.31. The molecule has 0 amide bonds. The summed E-state index contributed by atoms with van der Waals surface area (Å²) in [7, 11) is 0. The van der Waals surface area contributed by atoms with E-state index >= 15 is 0 Å². The minimum Gasteiger partial charge on any atom is -0.328 e. The molecule has 0 saturated carbocycles. The molecule has 0 aliphatic rings. The maximum absolute atomic E-state index is 14.4. The molecule has 16 heavy (non-hydrogen) atoms. The second-order valence-corrected chi connectivity index (χ2v) is 5.07. The zero-order valence-corrected chi connectivity index (χ0v) is 10.8. The monoisotopic (exact) mass is 243 g/mol. The molecule has 1 aromatic rings. The molecule has 0 bridgehead atoms. The van der Waals surface area contributed by atoms with E-state index < -0.39 is 5.67 Å². The van der Waals surface area contributed by atoms with Crippen molar-refractivity contribution < 1.29 is 4.39 Å². The molecule has 3 heteroatoms. The molecule has 1 rings (SSSR count). The highest BCUT2D eigenvalue weighted by atomic mass is 35.5. The van der Waals surface area contributed by atoms with Crippen LogP contribution in [-0.4, -0.2) is 12.2 Å². The number of aryl methyl sites for hydroxylation is 1. The zero-order chi connectivity index (χ0) is 12.3. The van der Waals surface area contributed by atoms with Crippen LogP contribution in [0.3, 0.4) is 0 Å². The van der Waals surface area contributed by atoms with Gasteiger partial charge >= 0.3 is 0 Å². The lowest BCUT2D eigenvalue weighted by Gasteiger charge is -2.28. The lowest BCUT2D eigenvalue weighted by atomic mass is 9.86. The van der Waals surface area contributed by atoms with E-state index in [1.165, 1.54) is 0 Å². The second kappa shape index (κ2) is 5.15. The average molecular weight is 244 g/mol. The number of benzene rings is 1. The SMILES string of the molecule is Cc1ccc(CC(F)(CN)C(C)C)c(Cl)c1. The summed E-state index contributed by atoms with van der Waals surface area (Å²) in [5.41, 5.74) is 6.05. The van der Waals surface area contributed by atoms with Crippen molar-refractivity contribution in [3.8, 4) is 0 Å². The van der Waals surface area contributed by atoms with Crippen LogP contribution in [0.5, 0.6) is 0 Å². The molecule has 2 N–H and O–H groups in total. The first-order valence-corrected chi connectivity index (χ1v) is 5.91. The van der Waals surface area contributed by atoms with Gasteiger partial charge in [-0.25, -0.2) is 4.39 Å². The van der Waals surface area contributed by atoms with E-state index in [9.17, 15) is 4.39 Å². The van der Waals surface area contributed by atoms with Gasteiger partial charge in [-0.05, 0) is 30.0 Å². The van der Waals surface area contributed by atoms with Gasteiger partial charge in [0.25, 0.3) is 0 Å². The maximum Gasteiger partial charge on any atom is 0.129 e. The third kappa shape index (κ3) is 2.96. The fourth-order valence-electron chi connectivity index (χ4n) is 1.62. The van der Waals surface area contributed by atoms with Crippen LogP contribution in [0.1, 0.15) is 25.0 Å². The van der Waals surface area contributed by atoms with Gasteiger partial charge in [-0.2, -0.15) is 0 Å². The Hall–Kier alpha value is -0.600. The van der Waals surface area contributed by atoms with Gasteiger partial charge in [-0.15, -0.1) is 0 Å². The summed E-state index contributed by atoms with van der Waals surface area (Å²) in [6, 6.07) is 5.68. The molecule has 0 saturated heterocycles. The van der Waals surface area contributed by atoms with Crippen LogP contribution in [0.15, 0.2) is 18.2 Å². The van der Waals surface area contributed by atoms with Crippen molar-refractivity contribution in [3.63, 3.8) is 0 Å². The summed E-state index contributed by atoms with van der Waals surface area (Å²) < 4.78 is 14.4. The number of hydrogen-bond acceptors (Lipinski definition) is 1. The van der Waals surface area contributed by atoms with E-state index in [4.69, 9.17) is 17.3 Å². The first-order chi connectivity index (χ1) is 7.39. The van der Waals surface area contributed by atoms with Crippen molar-refractivity contribution in [2.45, 2.75) is 32.9 Å². The summed E-state index contributed by atoms with van der Waals surface area (Å²) in [6.45, 7) is 5.67. The van der Waals surface area contributed by atoms with Crippen LogP contribution < -0.4 is 5.73 Å². The third-order valence-corrected chi connectivity index (χ3v) is 3.42. The Morgan fingerprint density at radius 1 is 1.44 bits per heavy atom. The van der Waals surface area contributed by atoms with Crippen molar-refractivity contribution in [1.82, 2.24) is 0 Å². The van der Waals surface area contributed by atoms with Crippen molar-refractivity contribution in [3.05, 3.63) is 34.3 Å². The van der Waals surface area contributed by atoms with Gasteiger partial charge in [0.15, 0.2) is 0 Å². The van der Waals surface area contributed by atoms with E-state index in [1.807, 2.05) is 39.0 Å². The molecule has 1 atom stereocenters. The summed E-state index contributed by atoms with van der Waals surface area (Å²) in [4.78, 5) is 0. The van der Waals surface area contributed by atoms with Gasteiger partial charge in [-0.3, -0.25) is 0 Å². The molecule has 0 aliphatic carbocycles. The van der Waals surface area contributed by atoms with Crippen LogP contribution in [-0.2, 0) is 6.42 Å². The van der Waals surface area contributed by atoms with E-state index in [2.05, 4.69) is 0 Å². The fourth-order valence-corrected chi connectivity index (χ4v) is 1.93. The number of halogens is 2. The van der Waals surface area contributed by atoms with Crippen LogP contribution >= 0.6 is 11.6 Å². The highest BCUT2D eigenvalue weighted by Gasteiger charge is 2.32. The van der Waals surface area contributed by atoms with Crippen LogP contribution in [0.2, 0.25) is 5.02 Å². The number of nitrogens with two attached hydrogens (primary N) is 1. The topological polar surface area (TPSA) is 26.0 Å². The number of alkyl halides is 1. The fraction of sp³-hybridized carbons (Fsp3) is 0.538. The van der Waals surface area contributed by atoms with Crippen molar-refractivity contribution in [1.29, 1.82) is 0 Å². The lowest BCUT2D eigenvalue weighted by molar-refractivity contribution is 0.110. The molecular formula is C13H19ClFN. The quantitative estimate of drug-likeness (QED) is 0.861. The molecule has 0 fully saturated rings.